The summed E-state index contributed by atoms with van der Waals surface area (Å²) in [6.45, 7) is 3.90. The largest absolute Gasteiger partial charge is 0.288 e. The van der Waals surface area contributed by atoms with Gasteiger partial charge in [-0.25, -0.2) is 8.42 Å². The molecule has 0 bridgehead atoms. The van der Waals surface area contributed by atoms with Gasteiger partial charge in [0.15, 0.2) is 0 Å². The number of carbonyl (C=O) groups is 1. The van der Waals surface area contributed by atoms with Gasteiger partial charge in [-0.05, 0) is 61.7 Å². The smallest absolute Gasteiger partial charge is 0.268 e. The fraction of sp³-hybridized carbons (Fsp3) is 0.208. The van der Waals surface area contributed by atoms with Crippen LogP contribution in [0.3, 0.4) is 0 Å². The molecule has 0 aliphatic carbocycles. The Morgan fingerprint density at radius 3 is 2.24 bits per heavy atom. The van der Waals surface area contributed by atoms with Crippen molar-refractivity contribution in [1.82, 2.24) is 0 Å². The van der Waals surface area contributed by atoms with Gasteiger partial charge in [-0.15, -0.1) is 0 Å². The van der Waals surface area contributed by atoms with Gasteiger partial charge in [-0.3, -0.25) is 14.9 Å². The van der Waals surface area contributed by atoms with E-state index in [1.807, 2.05) is 6.92 Å². The average molecular weight is 487 g/mol. The Balaban J connectivity index is 2.13. The van der Waals surface area contributed by atoms with E-state index in [1.54, 1.807) is 36.4 Å². The summed E-state index contributed by atoms with van der Waals surface area (Å²) in [5.41, 5.74) is 1.36. The number of benzene rings is 3. The first-order valence-electron chi connectivity index (χ1n) is 10.3. The van der Waals surface area contributed by atoms with Gasteiger partial charge in [0.2, 0.25) is 0 Å². The third-order valence-electron chi connectivity index (χ3n) is 5.12. The minimum absolute atomic E-state index is 0.0695. The zero-order valence-electron chi connectivity index (χ0n) is 18.2. The lowest BCUT2D eigenvalue weighted by Gasteiger charge is -2.23. The number of halogens is 1. The molecule has 0 aliphatic rings. The summed E-state index contributed by atoms with van der Waals surface area (Å²) < 4.78 is 27.8. The van der Waals surface area contributed by atoms with Crippen molar-refractivity contribution in [2.45, 2.75) is 38.0 Å². The van der Waals surface area contributed by atoms with Gasteiger partial charge in [-0.1, -0.05) is 54.8 Å². The van der Waals surface area contributed by atoms with Crippen molar-refractivity contribution in [2.24, 2.45) is 0 Å². The topological polar surface area (TPSA) is 97.6 Å². The normalized spacial score (nSPS) is 11.2. The van der Waals surface area contributed by atoms with Gasteiger partial charge in [0.25, 0.3) is 21.6 Å². The third-order valence-corrected chi connectivity index (χ3v) is 7.17. The molecule has 0 aliphatic heterocycles. The molecule has 33 heavy (non-hydrogen) atoms. The van der Waals surface area contributed by atoms with E-state index in [1.165, 1.54) is 24.3 Å². The molecule has 0 atom stereocenters. The minimum atomic E-state index is -4.31. The van der Waals surface area contributed by atoms with Gasteiger partial charge >= 0.3 is 0 Å². The highest BCUT2D eigenvalue weighted by molar-refractivity contribution is 7.93. The molecule has 0 radical (unpaired) electrons. The molecule has 1 amide bonds. The fourth-order valence-corrected chi connectivity index (χ4v) is 4.86. The number of anilines is 1. The first-order chi connectivity index (χ1) is 15.6. The highest BCUT2D eigenvalue weighted by Crippen LogP contribution is 2.30. The number of nitro groups is 1. The Morgan fingerprint density at radius 2 is 1.67 bits per heavy atom. The van der Waals surface area contributed by atoms with E-state index < -0.39 is 26.5 Å². The van der Waals surface area contributed by atoms with Gasteiger partial charge in [0.1, 0.15) is 5.02 Å². The standard InChI is InChI=1S/C24H23ClN2O5S/c1-3-4-5-18-8-11-20(12-9-18)26(33(31,32)21-13-6-17(2)7-14-21)24(28)19-10-15-22(25)23(16-19)27(29)30/h6-16H,3-5H2,1-2H3. The van der Waals surface area contributed by atoms with Gasteiger partial charge in [0, 0.05) is 11.6 Å². The second kappa shape index (κ2) is 10.1. The molecule has 3 rings (SSSR count). The van der Waals surface area contributed by atoms with E-state index >= 15 is 0 Å². The highest BCUT2D eigenvalue weighted by atomic mass is 35.5. The number of sulfonamides is 1. The Hall–Kier alpha value is -3.23. The summed E-state index contributed by atoms with van der Waals surface area (Å²) in [6.07, 6.45) is 2.83. The zero-order chi connectivity index (χ0) is 24.2. The SMILES string of the molecule is CCCCc1ccc(N(C(=O)c2ccc(Cl)c([N+](=O)[O-])c2)S(=O)(=O)c2ccc(C)cc2)cc1. The zero-order valence-corrected chi connectivity index (χ0v) is 19.8. The predicted octanol–water partition coefficient (Wildman–Crippen LogP) is 5.93. The molecule has 0 saturated carbocycles. The lowest BCUT2D eigenvalue weighted by Crippen LogP contribution is -2.37. The van der Waals surface area contributed by atoms with Crippen LogP contribution in [0.4, 0.5) is 11.4 Å². The van der Waals surface area contributed by atoms with E-state index in [0.29, 0.717) is 4.31 Å². The van der Waals surface area contributed by atoms with Crippen LogP contribution in [0.25, 0.3) is 0 Å². The number of amides is 1. The van der Waals surface area contributed by atoms with E-state index in [0.717, 1.165) is 36.5 Å². The number of nitrogens with zero attached hydrogens (tertiary/aromatic N) is 2. The number of carbonyl (C=O) groups excluding carboxylic acids is 1. The van der Waals surface area contributed by atoms with Crippen molar-refractivity contribution in [1.29, 1.82) is 0 Å². The fourth-order valence-electron chi connectivity index (χ4n) is 3.26. The lowest BCUT2D eigenvalue weighted by atomic mass is 10.1. The summed E-state index contributed by atoms with van der Waals surface area (Å²) >= 11 is 5.87. The summed E-state index contributed by atoms with van der Waals surface area (Å²) in [7, 11) is -4.31. The molecule has 0 fully saturated rings. The molecule has 9 heteroatoms. The second-order valence-corrected chi connectivity index (χ2v) is 9.77. The Kier molecular flexibility index (Phi) is 7.50. The van der Waals surface area contributed by atoms with Crippen molar-refractivity contribution in [3.63, 3.8) is 0 Å². The number of nitro benzene ring substituents is 1. The van der Waals surface area contributed by atoms with Crippen LogP contribution in [-0.4, -0.2) is 19.2 Å². The Bertz CT molecular complexity index is 1270. The molecular weight excluding hydrogens is 464 g/mol. The summed E-state index contributed by atoms with van der Waals surface area (Å²) in [4.78, 5) is 24.0. The van der Waals surface area contributed by atoms with Gasteiger partial charge in [-0.2, -0.15) is 4.31 Å². The minimum Gasteiger partial charge on any atom is -0.268 e. The molecule has 0 N–H and O–H groups in total. The number of unbranched alkanes of at least 4 members (excludes halogenated alkanes) is 1. The molecule has 0 saturated heterocycles. The number of hydrogen-bond acceptors (Lipinski definition) is 5. The molecule has 0 aromatic heterocycles. The van der Waals surface area contributed by atoms with E-state index in [2.05, 4.69) is 6.92 Å². The monoisotopic (exact) mass is 486 g/mol. The maximum atomic E-state index is 13.5. The van der Waals surface area contributed by atoms with E-state index in [9.17, 15) is 23.3 Å². The van der Waals surface area contributed by atoms with Crippen molar-refractivity contribution in [3.8, 4) is 0 Å². The van der Waals surface area contributed by atoms with Crippen LogP contribution >= 0.6 is 11.6 Å². The summed E-state index contributed by atoms with van der Waals surface area (Å²) in [6, 6.07) is 16.3. The van der Waals surface area contributed by atoms with Crippen LogP contribution in [0, 0.1) is 17.0 Å². The first kappa shape index (κ1) is 24.4. The van der Waals surface area contributed by atoms with Crippen molar-refractivity contribution < 1.29 is 18.1 Å². The second-order valence-electron chi connectivity index (χ2n) is 7.58. The van der Waals surface area contributed by atoms with Crippen molar-refractivity contribution in [2.75, 3.05) is 4.31 Å². The van der Waals surface area contributed by atoms with Crippen LogP contribution in [0.2, 0.25) is 5.02 Å². The van der Waals surface area contributed by atoms with Crippen LogP contribution in [0.5, 0.6) is 0 Å². The van der Waals surface area contributed by atoms with Crippen LogP contribution in [0.1, 0.15) is 41.3 Å². The molecule has 0 spiro atoms. The van der Waals surface area contributed by atoms with Crippen LogP contribution in [0.15, 0.2) is 71.6 Å². The summed E-state index contributed by atoms with van der Waals surface area (Å²) in [5, 5.41) is 11.1. The van der Waals surface area contributed by atoms with Gasteiger partial charge in [0.05, 0.1) is 15.5 Å². The quantitative estimate of drug-likeness (QED) is 0.290. The van der Waals surface area contributed by atoms with E-state index in [-0.39, 0.29) is 21.2 Å². The third kappa shape index (κ3) is 5.40. The Labute approximate surface area is 197 Å². The van der Waals surface area contributed by atoms with Crippen LogP contribution in [-0.2, 0) is 16.4 Å². The molecule has 172 valence electrons. The molecule has 7 nitrogen and oxygen atoms in total. The maximum Gasteiger partial charge on any atom is 0.288 e. The number of rotatable bonds is 8. The van der Waals surface area contributed by atoms with E-state index in [4.69, 9.17) is 11.6 Å². The van der Waals surface area contributed by atoms with Gasteiger partial charge < -0.3 is 0 Å². The summed E-state index contributed by atoms with van der Waals surface area (Å²) in [5.74, 6) is -0.920. The average Bonchev–Trinajstić information content (AvgIpc) is 2.79. The first-order valence-corrected chi connectivity index (χ1v) is 12.2. The molecular formula is C24H23ClN2O5S. The maximum absolute atomic E-state index is 13.5. The lowest BCUT2D eigenvalue weighted by molar-refractivity contribution is -0.384. The van der Waals surface area contributed by atoms with Crippen molar-refractivity contribution in [3.05, 3.63) is 98.6 Å². The molecule has 3 aromatic rings. The number of aryl methyl sites for hydroxylation is 2. The molecule has 0 heterocycles. The number of hydrogen-bond donors (Lipinski definition) is 0. The Morgan fingerprint density at radius 1 is 1.03 bits per heavy atom. The highest BCUT2D eigenvalue weighted by Gasteiger charge is 2.33. The predicted molar refractivity (Wildman–Crippen MR) is 128 cm³/mol. The molecule has 3 aromatic carbocycles. The molecule has 0 unspecified atom stereocenters. The van der Waals surface area contributed by atoms with Crippen LogP contribution < -0.4 is 4.31 Å². The van der Waals surface area contributed by atoms with Crippen molar-refractivity contribution >= 4 is 38.9 Å².